The van der Waals surface area contributed by atoms with Gasteiger partial charge in [-0.15, -0.1) is 0 Å². The lowest BCUT2D eigenvalue weighted by Gasteiger charge is -2.15. The average Bonchev–Trinajstić information content (AvgIpc) is 2.51. The number of nitrogens with one attached hydrogen (secondary N) is 2. The summed E-state index contributed by atoms with van der Waals surface area (Å²) in [6.07, 6.45) is 0.0908. The van der Waals surface area contributed by atoms with Crippen LogP contribution >= 0.6 is 0 Å². The van der Waals surface area contributed by atoms with Crippen LogP contribution in [0.25, 0.3) is 0 Å². The predicted molar refractivity (Wildman–Crippen MR) is 93.7 cm³/mol. The Hall–Kier alpha value is -2.49. The zero-order valence-electron chi connectivity index (χ0n) is 13.9. The molecule has 0 atom stereocenters. The number of aryl methyl sites for hydroxylation is 1. The molecule has 0 saturated carbocycles. The number of carbonyl (C=O) groups excluding carboxylic acids is 1. The normalized spacial score (nSPS) is 10.4. The van der Waals surface area contributed by atoms with Crippen molar-refractivity contribution >= 4 is 11.6 Å². The molecule has 2 aromatic rings. The molecule has 23 heavy (non-hydrogen) atoms. The van der Waals surface area contributed by atoms with Crippen molar-refractivity contribution in [2.45, 2.75) is 33.4 Å². The maximum atomic E-state index is 12.0. The molecule has 4 heteroatoms. The Bertz CT molecular complexity index is 653. The minimum absolute atomic E-state index is 0.0501. The standard InChI is InChI=1S/C19H24N2O2/c1-14(2)23-18-10-5-4-9-17(18)20-13-19(22)21-12-16-8-6-7-15(3)11-16/h4-11,14,20H,12-13H2,1-3H3,(H,21,22). The Labute approximate surface area is 137 Å². The third kappa shape index (κ3) is 5.66. The average molecular weight is 312 g/mol. The molecule has 122 valence electrons. The molecule has 2 N–H and O–H groups in total. The highest BCUT2D eigenvalue weighted by molar-refractivity contribution is 5.81. The lowest BCUT2D eigenvalue weighted by atomic mass is 10.1. The van der Waals surface area contributed by atoms with Gasteiger partial charge in [0.25, 0.3) is 0 Å². The Kier molecular flexibility index (Phi) is 6.03. The zero-order valence-corrected chi connectivity index (χ0v) is 13.9. The second kappa shape index (κ2) is 8.22. The van der Waals surface area contributed by atoms with Gasteiger partial charge in [-0.05, 0) is 38.5 Å². The minimum atomic E-state index is -0.0501. The smallest absolute Gasteiger partial charge is 0.239 e. The summed E-state index contributed by atoms with van der Waals surface area (Å²) >= 11 is 0. The molecule has 0 fully saturated rings. The van der Waals surface area contributed by atoms with Crippen LogP contribution in [0.3, 0.4) is 0 Å². The van der Waals surface area contributed by atoms with Crippen molar-refractivity contribution < 1.29 is 9.53 Å². The maximum absolute atomic E-state index is 12.0. The summed E-state index contributed by atoms with van der Waals surface area (Å²) in [5.41, 5.74) is 3.11. The van der Waals surface area contributed by atoms with Gasteiger partial charge in [0.2, 0.25) is 5.91 Å². The van der Waals surface area contributed by atoms with E-state index in [1.54, 1.807) is 0 Å². The predicted octanol–water partition coefficient (Wildman–Crippen LogP) is 3.51. The first-order valence-corrected chi connectivity index (χ1v) is 7.86. The summed E-state index contributed by atoms with van der Waals surface area (Å²) in [6.45, 7) is 6.74. The lowest BCUT2D eigenvalue weighted by molar-refractivity contribution is -0.119. The number of para-hydroxylation sites is 2. The van der Waals surface area contributed by atoms with Crippen molar-refractivity contribution in [3.05, 3.63) is 59.7 Å². The molecule has 4 nitrogen and oxygen atoms in total. The lowest BCUT2D eigenvalue weighted by Crippen LogP contribution is -2.29. The topological polar surface area (TPSA) is 50.4 Å². The van der Waals surface area contributed by atoms with Crippen LogP contribution in [0, 0.1) is 6.92 Å². The van der Waals surface area contributed by atoms with E-state index in [1.165, 1.54) is 5.56 Å². The number of hydrogen-bond acceptors (Lipinski definition) is 3. The quantitative estimate of drug-likeness (QED) is 0.822. The van der Waals surface area contributed by atoms with Gasteiger partial charge in [0, 0.05) is 6.54 Å². The fourth-order valence-corrected chi connectivity index (χ4v) is 2.23. The molecule has 0 saturated heterocycles. The summed E-state index contributed by atoms with van der Waals surface area (Å²) in [5.74, 6) is 0.708. The third-order valence-electron chi connectivity index (χ3n) is 3.26. The molecule has 0 unspecified atom stereocenters. The second-order valence-corrected chi connectivity index (χ2v) is 5.78. The minimum Gasteiger partial charge on any atom is -0.489 e. The Morgan fingerprint density at radius 2 is 1.91 bits per heavy atom. The highest BCUT2D eigenvalue weighted by Gasteiger charge is 2.07. The fraction of sp³-hybridized carbons (Fsp3) is 0.316. The van der Waals surface area contributed by atoms with E-state index in [2.05, 4.69) is 16.7 Å². The van der Waals surface area contributed by atoms with Crippen molar-refractivity contribution in [3.8, 4) is 5.75 Å². The summed E-state index contributed by atoms with van der Waals surface area (Å²) < 4.78 is 5.73. The number of ether oxygens (including phenoxy) is 1. The van der Waals surface area contributed by atoms with Gasteiger partial charge in [-0.25, -0.2) is 0 Å². The number of rotatable bonds is 7. The molecule has 0 bridgehead atoms. The van der Waals surface area contributed by atoms with E-state index in [9.17, 15) is 4.79 Å². The molecular weight excluding hydrogens is 288 g/mol. The molecule has 0 spiro atoms. The van der Waals surface area contributed by atoms with Gasteiger partial charge in [-0.2, -0.15) is 0 Å². The monoisotopic (exact) mass is 312 g/mol. The number of carbonyl (C=O) groups is 1. The Balaban J connectivity index is 1.85. The van der Waals surface area contributed by atoms with E-state index in [0.29, 0.717) is 6.54 Å². The van der Waals surface area contributed by atoms with Crippen LogP contribution < -0.4 is 15.4 Å². The van der Waals surface area contributed by atoms with Gasteiger partial charge in [0.15, 0.2) is 0 Å². The third-order valence-corrected chi connectivity index (χ3v) is 3.26. The fourth-order valence-electron chi connectivity index (χ4n) is 2.23. The number of hydrogen-bond donors (Lipinski definition) is 2. The van der Waals surface area contributed by atoms with E-state index < -0.39 is 0 Å². The van der Waals surface area contributed by atoms with Crippen LogP contribution in [0.15, 0.2) is 48.5 Å². The Morgan fingerprint density at radius 1 is 1.13 bits per heavy atom. The maximum Gasteiger partial charge on any atom is 0.239 e. The van der Waals surface area contributed by atoms with Crippen molar-refractivity contribution in [2.24, 2.45) is 0 Å². The van der Waals surface area contributed by atoms with Gasteiger partial charge in [-0.1, -0.05) is 42.0 Å². The van der Waals surface area contributed by atoms with Crippen molar-refractivity contribution in [1.29, 1.82) is 0 Å². The van der Waals surface area contributed by atoms with Crippen LogP contribution in [-0.2, 0) is 11.3 Å². The molecule has 0 aliphatic carbocycles. The van der Waals surface area contributed by atoms with Gasteiger partial charge in [-0.3, -0.25) is 4.79 Å². The van der Waals surface area contributed by atoms with Crippen LogP contribution in [0.5, 0.6) is 5.75 Å². The van der Waals surface area contributed by atoms with Gasteiger partial charge in [0.1, 0.15) is 5.75 Å². The zero-order chi connectivity index (χ0) is 16.7. The summed E-state index contributed by atoms with van der Waals surface area (Å²) in [7, 11) is 0. The first-order chi connectivity index (χ1) is 11.0. The van der Waals surface area contributed by atoms with E-state index in [4.69, 9.17) is 4.74 Å². The highest BCUT2D eigenvalue weighted by atomic mass is 16.5. The van der Waals surface area contributed by atoms with Crippen LogP contribution in [0.2, 0.25) is 0 Å². The number of anilines is 1. The van der Waals surface area contributed by atoms with Gasteiger partial charge in [0.05, 0.1) is 18.3 Å². The number of amides is 1. The van der Waals surface area contributed by atoms with Gasteiger partial charge < -0.3 is 15.4 Å². The molecule has 0 aromatic heterocycles. The molecule has 0 heterocycles. The molecule has 0 aliphatic rings. The molecule has 0 radical (unpaired) electrons. The van der Waals surface area contributed by atoms with Gasteiger partial charge >= 0.3 is 0 Å². The highest BCUT2D eigenvalue weighted by Crippen LogP contribution is 2.24. The first kappa shape index (κ1) is 16.9. The van der Waals surface area contributed by atoms with E-state index >= 15 is 0 Å². The number of benzene rings is 2. The molecular formula is C19H24N2O2. The second-order valence-electron chi connectivity index (χ2n) is 5.78. The van der Waals surface area contributed by atoms with Crippen LogP contribution in [0.1, 0.15) is 25.0 Å². The van der Waals surface area contributed by atoms with Crippen LogP contribution in [0.4, 0.5) is 5.69 Å². The first-order valence-electron chi connectivity index (χ1n) is 7.86. The Morgan fingerprint density at radius 3 is 2.65 bits per heavy atom. The molecule has 2 rings (SSSR count). The van der Waals surface area contributed by atoms with Crippen molar-refractivity contribution in [1.82, 2.24) is 5.32 Å². The van der Waals surface area contributed by atoms with E-state index in [1.807, 2.05) is 63.2 Å². The summed E-state index contributed by atoms with van der Waals surface area (Å²) in [6, 6.07) is 15.7. The SMILES string of the molecule is Cc1cccc(CNC(=O)CNc2ccccc2OC(C)C)c1. The molecule has 0 aliphatic heterocycles. The summed E-state index contributed by atoms with van der Waals surface area (Å²) in [5, 5.41) is 6.04. The van der Waals surface area contributed by atoms with E-state index in [0.717, 1.165) is 17.0 Å². The van der Waals surface area contributed by atoms with E-state index in [-0.39, 0.29) is 18.6 Å². The summed E-state index contributed by atoms with van der Waals surface area (Å²) in [4.78, 5) is 12.0. The van der Waals surface area contributed by atoms with Crippen LogP contribution in [-0.4, -0.2) is 18.6 Å². The molecule has 1 amide bonds. The van der Waals surface area contributed by atoms with Crippen molar-refractivity contribution in [3.63, 3.8) is 0 Å². The van der Waals surface area contributed by atoms with Crippen molar-refractivity contribution in [2.75, 3.05) is 11.9 Å². The largest absolute Gasteiger partial charge is 0.489 e. The molecule has 2 aromatic carbocycles.